The van der Waals surface area contributed by atoms with Gasteiger partial charge in [-0.3, -0.25) is 4.90 Å². The molecule has 1 unspecified atom stereocenters. The lowest BCUT2D eigenvalue weighted by Crippen LogP contribution is -2.50. The predicted octanol–water partition coefficient (Wildman–Crippen LogP) is 1.51. The lowest BCUT2D eigenvalue weighted by molar-refractivity contribution is 0.215. The second-order valence-corrected chi connectivity index (χ2v) is 4.61. The van der Waals surface area contributed by atoms with Crippen LogP contribution in [0, 0.1) is 11.3 Å². The third-order valence-electron chi connectivity index (χ3n) is 3.56. The minimum absolute atomic E-state index is 0.0350. The number of hydrogen-bond acceptors (Lipinski definition) is 5. The molecule has 0 spiro atoms. The third kappa shape index (κ3) is 2.96. The van der Waals surface area contributed by atoms with Crippen molar-refractivity contribution in [2.24, 2.45) is 0 Å². The molecule has 0 saturated carbocycles. The van der Waals surface area contributed by atoms with Crippen LogP contribution >= 0.6 is 0 Å². The Labute approximate surface area is 114 Å². The van der Waals surface area contributed by atoms with Crippen molar-refractivity contribution < 1.29 is 4.74 Å². The van der Waals surface area contributed by atoms with Gasteiger partial charge >= 0.3 is 0 Å². The van der Waals surface area contributed by atoms with E-state index in [1.165, 1.54) is 0 Å². The number of rotatable bonds is 4. The number of aromatic nitrogens is 1. The Morgan fingerprint density at radius 3 is 2.74 bits per heavy atom. The zero-order chi connectivity index (χ0) is 13.7. The molecule has 1 atom stereocenters. The molecule has 5 nitrogen and oxygen atoms in total. The van der Waals surface area contributed by atoms with E-state index in [2.05, 4.69) is 27.8 Å². The summed E-state index contributed by atoms with van der Waals surface area (Å²) in [5, 5.41) is 9.11. The van der Waals surface area contributed by atoms with E-state index in [1.54, 1.807) is 13.3 Å². The Balaban J connectivity index is 2.02. The second-order valence-electron chi connectivity index (χ2n) is 4.61. The minimum atomic E-state index is 0.0350. The van der Waals surface area contributed by atoms with Gasteiger partial charge in [0.05, 0.1) is 19.2 Å². The lowest BCUT2D eigenvalue weighted by Gasteiger charge is -2.37. The number of methoxy groups -OCH3 is 1. The van der Waals surface area contributed by atoms with Crippen molar-refractivity contribution in [3.8, 4) is 11.8 Å². The van der Waals surface area contributed by atoms with Gasteiger partial charge in [0, 0.05) is 32.4 Å². The van der Waals surface area contributed by atoms with E-state index in [1.807, 2.05) is 12.1 Å². The first-order valence-electron chi connectivity index (χ1n) is 6.67. The molecule has 1 aromatic heterocycles. The lowest BCUT2D eigenvalue weighted by atomic mass is 10.2. The quantitative estimate of drug-likeness (QED) is 0.821. The summed E-state index contributed by atoms with van der Waals surface area (Å²) in [5.41, 5.74) is 0. The minimum Gasteiger partial charge on any atom is -0.493 e. The highest BCUT2D eigenvalue weighted by molar-refractivity contribution is 5.52. The van der Waals surface area contributed by atoms with E-state index in [9.17, 15) is 0 Å². The van der Waals surface area contributed by atoms with Crippen molar-refractivity contribution in [1.82, 2.24) is 9.88 Å². The van der Waals surface area contributed by atoms with Crippen molar-refractivity contribution >= 4 is 5.82 Å². The Morgan fingerprint density at radius 1 is 1.42 bits per heavy atom. The number of nitrogens with zero attached hydrogens (tertiary/aromatic N) is 4. The summed E-state index contributed by atoms with van der Waals surface area (Å²) in [6.45, 7) is 5.61. The van der Waals surface area contributed by atoms with Gasteiger partial charge in [0.25, 0.3) is 0 Å². The van der Waals surface area contributed by atoms with Crippen LogP contribution < -0.4 is 9.64 Å². The van der Waals surface area contributed by atoms with Gasteiger partial charge in [0.15, 0.2) is 11.6 Å². The molecule has 1 fully saturated rings. The number of piperazine rings is 1. The molecule has 19 heavy (non-hydrogen) atoms. The standard InChI is InChI=1S/C14H20N4O/c1-3-12(11-15)17-7-9-18(10-8-17)14-13(19-2)5-4-6-16-14/h4-6,12H,3,7-10H2,1-2H3. The zero-order valence-electron chi connectivity index (χ0n) is 11.5. The molecule has 0 amide bonds. The second kappa shape index (κ2) is 6.39. The Hall–Kier alpha value is -1.80. The van der Waals surface area contributed by atoms with Crippen LogP contribution in [-0.4, -0.2) is 49.2 Å². The molecular weight excluding hydrogens is 240 g/mol. The van der Waals surface area contributed by atoms with E-state index >= 15 is 0 Å². The van der Waals surface area contributed by atoms with Gasteiger partial charge in [-0.05, 0) is 18.6 Å². The van der Waals surface area contributed by atoms with E-state index in [-0.39, 0.29) is 6.04 Å². The van der Waals surface area contributed by atoms with Crippen LogP contribution in [0.1, 0.15) is 13.3 Å². The summed E-state index contributed by atoms with van der Waals surface area (Å²) in [5.74, 6) is 1.71. The van der Waals surface area contributed by atoms with Crippen LogP contribution in [0.15, 0.2) is 18.3 Å². The smallest absolute Gasteiger partial charge is 0.171 e. The largest absolute Gasteiger partial charge is 0.493 e. The molecule has 1 aliphatic heterocycles. The molecule has 2 heterocycles. The van der Waals surface area contributed by atoms with Crippen molar-refractivity contribution in [3.05, 3.63) is 18.3 Å². The average Bonchev–Trinajstić information content (AvgIpc) is 2.49. The summed E-state index contributed by atoms with van der Waals surface area (Å²) in [6, 6.07) is 6.21. The van der Waals surface area contributed by atoms with Crippen LogP contribution in [0.2, 0.25) is 0 Å². The highest BCUT2D eigenvalue weighted by Gasteiger charge is 2.24. The van der Waals surface area contributed by atoms with E-state index in [4.69, 9.17) is 10.00 Å². The number of ether oxygens (including phenoxy) is 1. The molecule has 102 valence electrons. The maximum absolute atomic E-state index is 9.11. The zero-order valence-corrected chi connectivity index (χ0v) is 11.5. The SMILES string of the molecule is CCC(C#N)N1CCN(c2ncccc2OC)CC1. The van der Waals surface area contributed by atoms with E-state index in [0.29, 0.717) is 0 Å². The highest BCUT2D eigenvalue weighted by Crippen LogP contribution is 2.25. The van der Waals surface area contributed by atoms with Crippen LogP contribution in [0.5, 0.6) is 5.75 Å². The summed E-state index contributed by atoms with van der Waals surface area (Å²) in [7, 11) is 1.67. The first-order chi connectivity index (χ1) is 9.30. The molecule has 0 aliphatic carbocycles. The van der Waals surface area contributed by atoms with Crippen molar-refractivity contribution in [1.29, 1.82) is 5.26 Å². The topological polar surface area (TPSA) is 52.4 Å². The van der Waals surface area contributed by atoms with Crippen LogP contribution in [-0.2, 0) is 0 Å². The fraction of sp³-hybridized carbons (Fsp3) is 0.571. The predicted molar refractivity (Wildman–Crippen MR) is 74.3 cm³/mol. The molecule has 0 bridgehead atoms. The molecule has 1 aliphatic rings. The highest BCUT2D eigenvalue weighted by atomic mass is 16.5. The monoisotopic (exact) mass is 260 g/mol. The molecular formula is C14H20N4O. The van der Waals surface area contributed by atoms with Crippen LogP contribution in [0.25, 0.3) is 0 Å². The van der Waals surface area contributed by atoms with Gasteiger partial charge in [0.2, 0.25) is 0 Å². The molecule has 2 rings (SSSR count). The van der Waals surface area contributed by atoms with E-state index in [0.717, 1.165) is 44.2 Å². The molecule has 0 radical (unpaired) electrons. The Morgan fingerprint density at radius 2 is 2.16 bits per heavy atom. The normalized spacial score (nSPS) is 17.8. The average molecular weight is 260 g/mol. The first kappa shape index (κ1) is 13.6. The number of anilines is 1. The number of pyridine rings is 1. The molecule has 0 aromatic carbocycles. The summed E-state index contributed by atoms with van der Waals surface area (Å²) in [4.78, 5) is 8.86. The van der Waals surface area contributed by atoms with Gasteiger partial charge in [-0.25, -0.2) is 4.98 Å². The van der Waals surface area contributed by atoms with Crippen LogP contribution in [0.3, 0.4) is 0 Å². The van der Waals surface area contributed by atoms with Gasteiger partial charge in [0.1, 0.15) is 0 Å². The Kier molecular flexibility index (Phi) is 4.58. The van der Waals surface area contributed by atoms with Crippen molar-refractivity contribution in [2.75, 3.05) is 38.2 Å². The number of hydrogen-bond donors (Lipinski definition) is 0. The van der Waals surface area contributed by atoms with Crippen molar-refractivity contribution in [2.45, 2.75) is 19.4 Å². The van der Waals surface area contributed by atoms with Gasteiger partial charge < -0.3 is 9.64 Å². The fourth-order valence-electron chi connectivity index (χ4n) is 2.46. The molecule has 1 saturated heterocycles. The Bertz CT molecular complexity index is 449. The molecule has 5 heteroatoms. The third-order valence-corrected chi connectivity index (χ3v) is 3.56. The summed E-state index contributed by atoms with van der Waals surface area (Å²) >= 11 is 0. The first-order valence-corrected chi connectivity index (χ1v) is 6.67. The fourth-order valence-corrected chi connectivity index (χ4v) is 2.46. The summed E-state index contributed by atoms with van der Waals surface area (Å²) in [6.07, 6.45) is 2.66. The van der Waals surface area contributed by atoms with Gasteiger partial charge in [-0.15, -0.1) is 0 Å². The van der Waals surface area contributed by atoms with Gasteiger partial charge in [-0.2, -0.15) is 5.26 Å². The molecule has 0 N–H and O–H groups in total. The summed E-state index contributed by atoms with van der Waals surface area (Å²) < 4.78 is 5.35. The van der Waals surface area contributed by atoms with E-state index < -0.39 is 0 Å². The van der Waals surface area contributed by atoms with Crippen LogP contribution in [0.4, 0.5) is 5.82 Å². The maximum Gasteiger partial charge on any atom is 0.171 e. The maximum atomic E-state index is 9.11. The van der Waals surface area contributed by atoms with Gasteiger partial charge in [-0.1, -0.05) is 6.92 Å². The number of nitriles is 1. The molecule has 1 aromatic rings. The van der Waals surface area contributed by atoms with Crippen molar-refractivity contribution in [3.63, 3.8) is 0 Å².